The van der Waals surface area contributed by atoms with Crippen molar-refractivity contribution in [3.63, 3.8) is 0 Å². The lowest BCUT2D eigenvalue weighted by atomic mass is 9.78. The van der Waals surface area contributed by atoms with Crippen molar-refractivity contribution in [1.82, 2.24) is 14.9 Å². The first kappa shape index (κ1) is 19.5. The molecule has 0 radical (unpaired) electrons. The summed E-state index contributed by atoms with van der Waals surface area (Å²) in [5.74, 6) is 1.05. The lowest BCUT2D eigenvalue weighted by molar-refractivity contribution is -0.189. The van der Waals surface area contributed by atoms with Gasteiger partial charge in [-0.05, 0) is 44.9 Å². The van der Waals surface area contributed by atoms with Crippen LogP contribution in [0.3, 0.4) is 0 Å². The lowest BCUT2D eigenvalue weighted by Crippen LogP contribution is -2.66. The molecule has 3 fully saturated rings. The minimum atomic E-state index is 0.0964. The fraction of sp³-hybridized carbons (Fsp3) is 0.522. The monoisotopic (exact) mass is 408 g/mol. The van der Waals surface area contributed by atoms with Gasteiger partial charge in [0, 0.05) is 59.2 Å². The van der Waals surface area contributed by atoms with Crippen LogP contribution >= 0.6 is 0 Å². The maximum atomic E-state index is 12.2. The molecule has 30 heavy (non-hydrogen) atoms. The Morgan fingerprint density at radius 2 is 1.97 bits per heavy atom. The van der Waals surface area contributed by atoms with Crippen LogP contribution in [0.2, 0.25) is 0 Å². The summed E-state index contributed by atoms with van der Waals surface area (Å²) in [4.78, 5) is 23.4. The van der Waals surface area contributed by atoms with Crippen molar-refractivity contribution in [3.8, 4) is 16.9 Å². The van der Waals surface area contributed by atoms with Crippen LogP contribution in [-0.2, 0) is 9.53 Å². The van der Waals surface area contributed by atoms with Gasteiger partial charge in [0.05, 0.1) is 13.2 Å². The molecule has 0 unspecified atom stereocenters. The number of anilines is 1. The number of carbonyl (C=O) groups excluding carboxylic acids is 1. The molecule has 3 aliphatic rings. The van der Waals surface area contributed by atoms with E-state index in [1.807, 2.05) is 32.0 Å². The van der Waals surface area contributed by atoms with Crippen LogP contribution in [0.25, 0.3) is 11.1 Å². The zero-order chi connectivity index (χ0) is 20.7. The summed E-state index contributed by atoms with van der Waals surface area (Å²) in [5.41, 5.74) is 4.88. The molecular formula is C23H28N4O3. The van der Waals surface area contributed by atoms with E-state index in [1.165, 1.54) is 0 Å². The van der Waals surface area contributed by atoms with Gasteiger partial charge in [0.1, 0.15) is 18.7 Å². The average Bonchev–Trinajstić information content (AvgIpc) is 3.48. The zero-order valence-corrected chi connectivity index (χ0v) is 17.6. The van der Waals surface area contributed by atoms with Crippen molar-refractivity contribution in [2.75, 3.05) is 44.8 Å². The SMILES string of the molecule is Cc1ncnc(C)c1-c1cc(NC(=O)C2CC2)ccc1OCCN1CC2(COC2)C1. The Morgan fingerprint density at radius 1 is 1.23 bits per heavy atom. The Morgan fingerprint density at radius 3 is 2.60 bits per heavy atom. The molecule has 2 saturated heterocycles. The van der Waals surface area contributed by atoms with Gasteiger partial charge in [0.2, 0.25) is 5.91 Å². The number of aromatic nitrogens is 2. The second-order valence-electron chi connectivity index (χ2n) is 8.95. The Balaban J connectivity index is 1.33. The second kappa shape index (κ2) is 7.63. The van der Waals surface area contributed by atoms with Crippen LogP contribution in [-0.4, -0.2) is 60.2 Å². The quantitative estimate of drug-likeness (QED) is 0.759. The van der Waals surface area contributed by atoms with Gasteiger partial charge >= 0.3 is 0 Å². The minimum Gasteiger partial charge on any atom is -0.492 e. The molecule has 1 amide bonds. The Labute approximate surface area is 176 Å². The van der Waals surface area contributed by atoms with Crippen molar-refractivity contribution in [2.24, 2.45) is 11.3 Å². The van der Waals surface area contributed by atoms with Crippen LogP contribution in [0, 0.1) is 25.2 Å². The van der Waals surface area contributed by atoms with Crippen molar-refractivity contribution >= 4 is 11.6 Å². The van der Waals surface area contributed by atoms with E-state index < -0.39 is 0 Å². The molecule has 2 aromatic rings. The Kier molecular flexibility index (Phi) is 4.95. The van der Waals surface area contributed by atoms with Crippen molar-refractivity contribution in [3.05, 3.63) is 35.9 Å². The Bertz CT molecular complexity index is 941. The molecular weight excluding hydrogens is 380 g/mol. The third-order valence-corrected chi connectivity index (χ3v) is 6.29. The number of hydrogen-bond donors (Lipinski definition) is 1. The van der Waals surface area contributed by atoms with Crippen molar-refractivity contribution in [1.29, 1.82) is 0 Å². The number of nitrogens with zero attached hydrogens (tertiary/aromatic N) is 3. The molecule has 1 aromatic carbocycles. The molecule has 1 N–H and O–H groups in total. The summed E-state index contributed by atoms with van der Waals surface area (Å²) in [6.45, 7) is 9.45. The molecule has 3 heterocycles. The number of hydrogen-bond acceptors (Lipinski definition) is 6. The molecule has 0 bridgehead atoms. The fourth-order valence-corrected chi connectivity index (χ4v) is 4.42. The van der Waals surface area contributed by atoms with Gasteiger partial charge in [-0.25, -0.2) is 9.97 Å². The molecule has 1 spiro atoms. The average molecular weight is 409 g/mol. The van der Waals surface area contributed by atoms with Crippen LogP contribution in [0.4, 0.5) is 5.69 Å². The number of aryl methyl sites for hydroxylation is 2. The molecule has 7 heteroatoms. The van der Waals surface area contributed by atoms with E-state index in [2.05, 4.69) is 20.2 Å². The molecule has 1 aromatic heterocycles. The number of amides is 1. The maximum Gasteiger partial charge on any atom is 0.227 e. The van der Waals surface area contributed by atoms with Gasteiger partial charge in [-0.3, -0.25) is 9.69 Å². The predicted molar refractivity (Wildman–Crippen MR) is 113 cm³/mol. The van der Waals surface area contributed by atoms with E-state index in [0.717, 1.165) is 79.6 Å². The summed E-state index contributed by atoms with van der Waals surface area (Å²) < 4.78 is 11.6. The van der Waals surface area contributed by atoms with Gasteiger partial charge in [0.15, 0.2) is 0 Å². The largest absolute Gasteiger partial charge is 0.492 e. The van der Waals surface area contributed by atoms with E-state index in [-0.39, 0.29) is 11.8 Å². The van der Waals surface area contributed by atoms with E-state index in [9.17, 15) is 4.79 Å². The van der Waals surface area contributed by atoms with Crippen LogP contribution in [0.15, 0.2) is 24.5 Å². The number of rotatable bonds is 7. The topological polar surface area (TPSA) is 76.6 Å². The highest BCUT2D eigenvalue weighted by atomic mass is 16.5. The normalized spacial score (nSPS) is 19.8. The van der Waals surface area contributed by atoms with E-state index in [4.69, 9.17) is 9.47 Å². The molecule has 5 rings (SSSR count). The number of likely N-dealkylation sites (tertiary alicyclic amines) is 1. The first-order valence-corrected chi connectivity index (χ1v) is 10.7. The number of ether oxygens (including phenoxy) is 2. The number of benzene rings is 1. The summed E-state index contributed by atoms with van der Waals surface area (Å²) in [7, 11) is 0. The number of carbonyl (C=O) groups is 1. The fourth-order valence-electron chi connectivity index (χ4n) is 4.42. The third kappa shape index (κ3) is 3.79. The van der Waals surface area contributed by atoms with E-state index in [1.54, 1.807) is 6.33 Å². The number of nitrogens with one attached hydrogen (secondary N) is 1. The first-order valence-electron chi connectivity index (χ1n) is 10.7. The first-order chi connectivity index (χ1) is 14.5. The van der Waals surface area contributed by atoms with E-state index >= 15 is 0 Å². The molecule has 0 atom stereocenters. The molecule has 7 nitrogen and oxygen atoms in total. The van der Waals surface area contributed by atoms with Gasteiger partial charge in [-0.15, -0.1) is 0 Å². The molecule has 158 valence electrons. The van der Waals surface area contributed by atoms with Crippen LogP contribution in [0.5, 0.6) is 5.75 Å². The van der Waals surface area contributed by atoms with Crippen molar-refractivity contribution in [2.45, 2.75) is 26.7 Å². The second-order valence-corrected chi connectivity index (χ2v) is 8.95. The highest BCUT2D eigenvalue weighted by Gasteiger charge is 2.48. The van der Waals surface area contributed by atoms with Gasteiger partial charge in [0.25, 0.3) is 0 Å². The summed E-state index contributed by atoms with van der Waals surface area (Å²) in [5, 5.41) is 3.04. The van der Waals surface area contributed by atoms with Crippen LogP contribution in [0.1, 0.15) is 24.2 Å². The van der Waals surface area contributed by atoms with Gasteiger partial charge in [-0.1, -0.05) is 0 Å². The summed E-state index contributed by atoms with van der Waals surface area (Å²) in [6.07, 6.45) is 3.54. The van der Waals surface area contributed by atoms with Gasteiger partial charge < -0.3 is 14.8 Å². The molecule has 1 saturated carbocycles. The van der Waals surface area contributed by atoms with Crippen LogP contribution < -0.4 is 10.1 Å². The van der Waals surface area contributed by atoms with Gasteiger partial charge in [-0.2, -0.15) is 0 Å². The summed E-state index contributed by atoms with van der Waals surface area (Å²) in [6, 6.07) is 5.84. The smallest absolute Gasteiger partial charge is 0.227 e. The summed E-state index contributed by atoms with van der Waals surface area (Å²) >= 11 is 0. The lowest BCUT2D eigenvalue weighted by Gasteiger charge is -2.55. The Hall–Kier alpha value is -2.51. The molecule has 2 aliphatic heterocycles. The highest BCUT2D eigenvalue weighted by Crippen LogP contribution is 2.38. The minimum absolute atomic E-state index is 0.0964. The maximum absolute atomic E-state index is 12.2. The standard InChI is InChI=1S/C23H28N4O3/c1-15-21(16(2)25-14-24-15)19-9-18(26-22(28)17-3-4-17)5-6-20(19)30-8-7-27-10-23(11-27)12-29-13-23/h5-6,9,14,17H,3-4,7-8,10-13H2,1-2H3,(H,26,28). The van der Waals surface area contributed by atoms with E-state index in [0.29, 0.717) is 12.0 Å². The zero-order valence-electron chi connectivity index (χ0n) is 17.6. The van der Waals surface area contributed by atoms with Crippen molar-refractivity contribution < 1.29 is 14.3 Å². The molecule has 1 aliphatic carbocycles. The highest BCUT2D eigenvalue weighted by molar-refractivity contribution is 5.95. The third-order valence-electron chi connectivity index (χ3n) is 6.29. The predicted octanol–water partition coefficient (Wildman–Crippen LogP) is 2.82.